The van der Waals surface area contributed by atoms with Crippen molar-refractivity contribution in [3.05, 3.63) is 46.1 Å². The van der Waals surface area contributed by atoms with Crippen LogP contribution in [0.4, 0.5) is 23.6 Å². The monoisotopic (exact) mass is 431 g/mol. The van der Waals surface area contributed by atoms with E-state index >= 15 is 0 Å². The Morgan fingerprint density at radius 3 is 2.67 bits per heavy atom. The number of rotatable bonds is 8. The molecular weight excluding hydrogens is 410 g/mol. The average molecular weight is 432 g/mol. The second kappa shape index (κ2) is 9.51. The summed E-state index contributed by atoms with van der Waals surface area (Å²) in [5, 5.41) is 17.8. The lowest BCUT2D eigenvalue weighted by Gasteiger charge is -2.10. The summed E-state index contributed by atoms with van der Waals surface area (Å²) in [6, 6.07) is 3.74. The number of nitrogens with zero attached hydrogens (tertiary/aromatic N) is 4. The van der Waals surface area contributed by atoms with E-state index in [-0.39, 0.29) is 24.3 Å². The number of benzene rings is 1. The lowest BCUT2D eigenvalue weighted by molar-refractivity contribution is 0.0997. The average Bonchev–Trinajstić information content (AvgIpc) is 3.17. The van der Waals surface area contributed by atoms with Crippen LogP contribution in [0.5, 0.6) is 0 Å². The second-order valence-corrected chi connectivity index (χ2v) is 6.86. The van der Waals surface area contributed by atoms with Crippen molar-refractivity contribution in [1.82, 2.24) is 19.9 Å². The SMILES string of the molecule is CCc1nc(NCCO)nc(Nc2ncc(C(=O)Nc3c(C)cc(C)cc3Cl)o2)n1. The Morgan fingerprint density at radius 2 is 1.97 bits per heavy atom. The van der Waals surface area contributed by atoms with Gasteiger partial charge in [0.15, 0.2) is 0 Å². The zero-order chi connectivity index (χ0) is 21.7. The van der Waals surface area contributed by atoms with E-state index < -0.39 is 5.91 Å². The molecule has 2 heterocycles. The van der Waals surface area contributed by atoms with Gasteiger partial charge >= 0.3 is 6.01 Å². The Kier molecular flexibility index (Phi) is 6.80. The number of aromatic nitrogens is 4. The summed E-state index contributed by atoms with van der Waals surface area (Å²) in [6.07, 6.45) is 1.88. The third-order valence-corrected chi connectivity index (χ3v) is 4.31. The maximum atomic E-state index is 12.5. The number of aliphatic hydroxyl groups is 1. The largest absolute Gasteiger partial charge is 0.418 e. The van der Waals surface area contributed by atoms with E-state index in [9.17, 15) is 4.79 Å². The number of anilines is 4. The van der Waals surface area contributed by atoms with Gasteiger partial charge < -0.3 is 20.2 Å². The van der Waals surface area contributed by atoms with Gasteiger partial charge in [-0.3, -0.25) is 10.1 Å². The van der Waals surface area contributed by atoms with Crippen LogP contribution in [0.3, 0.4) is 0 Å². The highest BCUT2D eigenvalue weighted by atomic mass is 35.5. The highest BCUT2D eigenvalue weighted by molar-refractivity contribution is 6.34. The van der Waals surface area contributed by atoms with Gasteiger partial charge in [-0.25, -0.2) is 4.98 Å². The van der Waals surface area contributed by atoms with Gasteiger partial charge in [0, 0.05) is 13.0 Å². The highest BCUT2D eigenvalue weighted by Gasteiger charge is 2.17. The molecule has 0 aliphatic rings. The van der Waals surface area contributed by atoms with Crippen LogP contribution >= 0.6 is 11.6 Å². The molecule has 0 aliphatic carbocycles. The molecule has 0 unspecified atom stereocenters. The van der Waals surface area contributed by atoms with Gasteiger partial charge in [0.05, 0.1) is 23.5 Å². The predicted molar refractivity (Wildman–Crippen MR) is 113 cm³/mol. The topological polar surface area (TPSA) is 138 Å². The summed E-state index contributed by atoms with van der Waals surface area (Å²) in [5.74, 6) is 0.569. The molecule has 1 aromatic carbocycles. The van der Waals surface area contributed by atoms with Crippen LogP contribution < -0.4 is 16.0 Å². The summed E-state index contributed by atoms with van der Waals surface area (Å²) in [7, 11) is 0. The Morgan fingerprint density at radius 1 is 1.20 bits per heavy atom. The summed E-state index contributed by atoms with van der Waals surface area (Å²) in [5.41, 5.74) is 2.35. The van der Waals surface area contributed by atoms with Crippen molar-refractivity contribution < 1.29 is 14.3 Å². The molecule has 0 aliphatic heterocycles. The van der Waals surface area contributed by atoms with Crippen LogP contribution in [0.15, 0.2) is 22.7 Å². The van der Waals surface area contributed by atoms with Crippen LogP contribution in [0, 0.1) is 13.8 Å². The number of hydrogen-bond donors (Lipinski definition) is 4. The minimum Gasteiger partial charge on any atom is -0.418 e. The Labute approximate surface area is 178 Å². The van der Waals surface area contributed by atoms with E-state index in [1.807, 2.05) is 26.8 Å². The van der Waals surface area contributed by atoms with Crippen LogP contribution in [0.2, 0.25) is 5.02 Å². The van der Waals surface area contributed by atoms with E-state index in [1.165, 1.54) is 6.20 Å². The summed E-state index contributed by atoms with van der Waals surface area (Å²) >= 11 is 6.24. The fourth-order valence-electron chi connectivity index (χ4n) is 2.66. The molecule has 2 aromatic heterocycles. The van der Waals surface area contributed by atoms with Crippen molar-refractivity contribution in [2.45, 2.75) is 27.2 Å². The molecule has 0 bridgehead atoms. The van der Waals surface area contributed by atoms with Crippen molar-refractivity contribution in [2.75, 3.05) is 29.1 Å². The van der Waals surface area contributed by atoms with Crippen LogP contribution in [-0.4, -0.2) is 44.1 Å². The number of amides is 1. The third kappa shape index (κ3) is 5.22. The lowest BCUT2D eigenvalue weighted by atomic mass is 10.1. The smallest absolute Gasteiger partial charge is 0.302 e. The summed E-state index contributed by atoms with van der Waals surface area (Å²) in [4.78, 5) is 29.3. The van der Waals surface area contributed by atoms with Crippen LogP contribution in [0.1, 0.15) is 34.4 Å². The number of carbonyl (C=O) groups is 1. The number of nitrogens with one attached hydrogen (secondary N) is 3. The van der Waals surface area contributed by atoms with Gasteiger partial charge in [0.25, 0.3) is 5.91 Å². The Balaban J connectivity index is 1.74. The number of oxazole rings is 1. The molecule has 158 valence electrons. The first-order chi connectivity index (χ1) is 14.4. The molecule has 11 heteroatoms. The molecule has 1 amide bonds. The van der Waals surface area contributed by atoms with Gasteiger partial charge in [-0.2, -0.15) is 15.0 Å². The highest BCUT2D eigenvalue weighted by Crippen LogP contribution is 2.28. The molecule has 30 heavy (non-hydrogen) atoms. The molecule has 3 rings (SSSR count). The molecule has 0 saturated heterocycles. The van der Waals surface area contributed by atoms with Crippen molar-refractivity contribution in [3.8, 4) is 0 Å². The van der Waals surface area contributed by atoms with E-state index in [1.54, 1.807) is 6.07 Å². The molecule has 4 N–H and O–H groups in total. The Bertz CT molecular complexity index is 1030. The van der Waals surface area contributed by atoms with Crippen molar-refractivity contribution in [2.24, 2.45) is 0 Å². The molecule has 0 atom stereocenters. The van der Waals surface area contributed by atoms with Crippen molar-refractivity contribution in [3.63, 3.8) is 0 Å². The normalized spacial score (nSPS) is 10.7. The minimum absolute atomic E-state index is 0.00283. The predicted octanol–water partition coefficient (Wildman–Crippen LogP) is 3.09. The fourth-order valence-corrected chi connectivity index (χ4v) is 3.03. The quantitative estimate of drug-likeness (QED) is 0.423. The Hall–Kier alpha value is -3.24. The van der Waals surface area contributed by atoms with E-state index in [0.717, 1.165) is 11.1 Å². The number of halogens is 1. The van der Waals surface area contributed by atoms with Gasteiger partial charge in [-0.05, 0) is 31.0 Å². The van der Waals surface area contributed by atoms with Gasteiger partial charge in [-0.1, -0.05) is 24.6 Å². The first-order valence-corrected chi connectivity index (χ1v) is 9.68. The zero-order valence-electron chi connectivity index (χ0n) is 16.8. The van der Waals surface area contributed by atoms with Crippen LogP contribution in [-0.2, 0) is 6.42 Å². The van der Waals surface area contributed by atoms with Crippen LogP contribution in [0.25, 0.3) is 0 Å². The minimum atomic E-state index is -0.486. The molecule has 0 radical (unpaired) electrons. The number of hydrogen-bond acceptors (Lipinski definition) is 9. The van der Waals surface area contributed by atoms with E-state index in [2.05, 4.69) is 35.9 Å². The maximum Gasteiger partial charge on any atom is 0.302 e. The molecule has 0 spiro atoms. The molecule has 3 aromatic rings. The van der Waals surface area contributed by atoms with Gasteiger partial charge in [0.2, 0.25) is 17.7 Å². The summed E-state index contributed by atoms with van der Waals surface area (Å²) in [6.45, 7) is 5.93. The van der Waals surface area contributed by atoms with Gasteiger partial charge in [0.1, 0.15) is 5.82 Å². The maximum absolute atomic E-state index is 12.5. The molecule has 0 fully saturated rings. The summed E-state index contributed by atoms with van der Waals surface area (Å²) < 4.78 is 5.48. The number of aryl methyl sites for hydroxylation is 3. The second-order valence-electron chi connectivity index (χ2n) is 6.45. The van der Waals surface area contributed by atoms with E-state index in [0.29, 0.717) is 35.4 Å². The van der Waals surface area contributed by atoms with Crippen molar-refractivity contribution >= 4 is 41.1 Å². The van der Waals surface area contributed by atoms with Gasteiger partial charge in [-0.15, -0.1) is 0 Å². The van der Waals surface area contributed by atoms with Crippen molar-refractivity contribution in [1.29, 1.82) is 0 Å². The molecular formula is C19H22ClN7O3. The van der Waals surface area contributed by atoms with E-state index in [4.69, 9.17) is 21.1 Å². The third-order valence-electron chi connectivity index (χ3n) is 4.01. The zero-order valence-corrected chi connectivity index (χ0v) is 17.5. The fraction of sp³-hybridized carbons (Fsp3) is 0.316. The standard InChI is InChI=1S/C19H22ClN7O3/c1-4-14-23-17(21-5-6-28)26-18(24-14)27-19-22-9-13(30-19)16(29)25-15-11(3)7-10(2)8-12(15)20/h7-9,28H,4-6H2,1-3H3,(H,25,29)(H2,21,22,23,24,26,27). The number of aliphatic hydroxyl groups excluding tert-OH is 1. The molecule has 0 saturated carbocycles. The first-order valence-electron chi connectivity index (χ1n) is 9.30. The lowest BCUT2D eigenvalue weighted by Crippen LogP contribution is -2.13. The number of carbonyl (C=O) groups excluding carboxylic acids is 1. The first kappa shape index (κ1) is 21.5. The molecule has 10 nitrogen and oxygen atoms in total.